The summed E-state index contributed by atoms with van der Waals surface area (Å²) in [6.07, 6.45) is 0. The predicted molar refractivity (Wildman–Crippen MR) is 65.9 cm³/mol. The van der Waals surface area contributed by atoms with Crippen LogP contribution in [0.5, 0.6) is 0 Å². The maximum Gasteiger partial charge on any atom is 0.313 e. The van der Waals surface area contributed by atoms with Crippen LogP contribution in [0.1, 0.15) is 22.1 Å². The number of nitrogens with zero attached hydrogens (tertiary/aromatic N) is 2. The predicted octanol–water partition coefficient (Wildman–Crippen LogP) is 2.70. The maximum absolute atomic E-state index is 11.7. The van der Waals surface area contributed by atoms with E-state index < -0.39 is 5.91 Å². The summed E-state index contributed by atoms with van der Waals surface area (Å²) in [5, 5.41) is 9.91. The van der Waals surface area contributed by atoms with E-state index in [0.717, 1.165) is 10.0 Å². The van der Waals surface area contributed by atoms with Crippen molar-refractivity contribution in [3.05, 3.63) is 40.0 Å². The molecule has 0 aliphatic heterocycles. The number of nitrogens with one attached hydrogen (secondary N) is 1. The van der Waals surface area contributed by atoms with Crippen molar-refractivity contribution < 1.29 is 9.21 Å². The molecular formula is C11H10BrN3O2. The lowest BCUT2D eigenvalue weighted by Gasteiger charge is -2.04. The van der Waals surface area contributed by atoms with E-state index in [-0.39, 0.29) is 5.89 Å². The summed E-state index contributed by atoms with van der Waals surface area (Å²) in [7, 11) is 0. The second kappa shape index (κ2) is 4.67. The minimum atomic E-state index is -0.415. The number of aromatic nitrogens is 2. The molecule has 0 unspecified atom stereocenters. The Balaban J connectivity index is 2.15. The second-order valence-electron chi connectivity index (χ2n) is 3.54. The van der Waals surface area contributed by atoms with Crippen LogP contribution in [0.25, 0.3) is 0 Å². The minimum Gasteiger partial charge on any atom is -0.417 e. The van der Waals surface area contributed by atoms with E-state index in [2.05, 4.69) is 31.4 Å². The van der Waals surface area contributed by atoms with E-state index in [1.165, 1.54) is 0 Å². The SMILES string of the molecule is Cc1nnc(C(=O)Nc2ccc(C)c(Br)c2)o1. The minimum absolute atomic E-state index is 0.0424. The van der Waals surface area contributed by atoms with Crippen molar-refractivity contribution in [2.45, 2.75) is 13.8 Å². The van der Waals surface area contributed by atoms with Crippen LogP contribution < -0.4 is 5.32 Å². The highest BCUT2D eigenvalue weighted by molar-refractivity contribution is 9.10. The first-order valence-corrected chi connectivity index (χ1v) is 5.73. The van der Waals surface area contributed by atoms with Crippen molar-refractivity contribution in [2.24, 2.45) is 0 Å². The van der Waals surface area contributed by atoms with E-state index in [0.29, 0.717) is 11.6 Å². The molecule has 1 amide bonds. The Morgan fingerprint density at radius 3 is 2.71 bits per heavy atom. The summed E-state index contributed by atoms with van der Waals surface area (Å²) >= 11 is 3.39. The van der Waals surface area contributed by atoms with E-state index in [4.69, 9.17) is 4.42 Å². The Morgan fingerprint density at radius 1 is 1.35 bits per heavy atom. The molecule has 17 heavy (non-hydrogen) atoms. The molecule has 0 aliphatic rings. The highest BCUT2D eigenvalue weighted by Gasteiger charge is 2.13. The van der Waals surface area contributed by atoms with Crippen molar-refractivity contribution >= 4 is 27.5 Å². The number of hydrogen-bond acceptors (Lipinski definition) is 4. The largest absolute Gasteiger partial charge is 0.417 e. The van der Waals surface area contributed by atoms with E-state index in [1.807, 2.05) is 19.1 Å². The average Bonchev–Trinajstić information content (AvgIpc) is 2.70. The zero-order valence-corrected chi connectivity index (χ0v) is 10.9. The Morgan fingerprint density at radius 2 is 2.12 bits per heavy atom. The number of carbonyl (C=O) groups is 1. The standard InChI is InChI=1S/C11H10BrN3O2/c1-6-3-4-8(5-9(6)12)13-10(16)11-15-14-7(2)17-11/h3-5H,1-2H3,(H,13,16). The van der Waals surface area contributed by atoms with Gasteiger partial charge in [-0.15, -0.1) is 10.2 Å². The van der Waals surface area contributed by atoms with Crippen LogP contribution >= 0.6 is 15.9 Å². The summed E-state index contributed by atoms with van der Waals surface area (Å²) in [5.74, 6) is -0.0965. The summed E-state index contributed by atoms with van der Waals surface area (Å²) in [6, 6.07) is 5.52. The molecular weight excluding hydrogens is 286 g/mol. The van der Waals surface area contributed by atoms with Crippen molar-refractivity contribution in [1.29, 1.82) is 0 Å². The molecule has 0 radical (unpaired) electrons. The van der Waals surface area contributed by atoms with Crippen LogP contribution in [-0.2, 0) is 0 Å². The Hall–Kier alpha value is -1.69. The molecule has 1 heterocycles. The fraction of sp³-hybridized carbons (Fsp3) is 0.182. The fourth-order valence-electron chi connectivity index (χ4n) is 1.24. The van der Waals surface area contributed by atoms with Gasteiger partial charge in [-0.2, -0.15) is 0 Å². The maximum atomic E-state index is 11.7. The number of carbonyl (C=O) groups excluding carboxylic acids is 1. The van der Waals surface area contributed by atoms with E-state index in [1.54, 1.807) is 13.0 Å². The zero-order chi connectivity index (χ0) is 12.4. The summed E-state index contributed by atoms with van der Waals surface area (Å²) in [6.45, 7) is 3.60. The first kappa shape index (κ1) is 11.8. The third kappa shape index (κ3) is 2.71. The van der Waals surface area contributed by atoms with Crippen LogP contribution in [0.15, 0.2) is 27.1 Å². The second-order valence-corrected chi connectivity index (χ2v) is 4.40. The van der Waals surface area contributed by atoms with Gasteiger partial charge in [-0.1, -0.05) is 22.0 Å². The first-order chi connectivity index (χ1) is 8.06. The normalized spacial score (nSPS) is 10.3. The lowest BCUT2D eigenvalue weighted by molar-refractivity contribution is 0.0989. The average molecular weight is 296 g/mol. The van der Waals surface area contributed by atoms with E-state index in [9.17, 15) is 4.79 Å². The van der Waals surface area contributed by atoms with Crippen LogP contribution in [0.3, 0.4) is 0 Å². The van der Waals surface area contributed by atoms with Crippen molar-refractivity contribution in [3.8, 4) is 0 Å². The van der Waals surface area contributed by atoms with Gasteiger partial charge in [0.25, 0.3) is 0 Å². The number of hydrogen-bond donors (Lipinski definition) is 1. The Bertz CT molecular complexity index is 566. The Labute approximate surface area is 106 Å². The highest BCUT2D eigenvalue weighted by atomic mass is 79.9. The summed E-state index contributed by atoms with van der Waals surface area (Å²) in [5.41, 5.74) is 1.76. The van der Waals surface area contributed by atoms with Gasteiger partial charge in [0.1, 0.15) is 0 Å². The van der Waals surface area contributed by atoms with Crippen LogP contribution in [0.2, 0.25) is 0 Å². The van der Waals surface area contributed by atoms with Gasteiger partial charge in [0, 0.05) is 17.1 Å². The summed E-state index contributed by atoms with van der Waals surface area (Å²) < 4.78 is 5.95. The van der Waals surface area contributed by atoms with Gasteiger partial charge < -0.3 is 9.73 Å². The number of benzene rings is 1. The molecule has 1 aromatic heterocycles. The highest BCUT2D eigenvalue weighted by Crippen LogP contribution is 2.20. The van der Waals surface area contributed by atoms with Crippen LogP contribution in [-0.4, -0.2) is 16.1 Å². The smallest absolute Gasteiger partial charge is 0.313 e. The number of rotatable bonds is 2. The monoisotopic (exact) mass is 295 g/mol. The quantitative estimate of drug-likeness (QED) is 0.925. The van der Waals surface area contributed by atoms with Gasteiger partial charge in [0.15, 0.2) is 0 Å². The molecule has 6 heteroatoms. The summed E-state index contributed by atoms with van der Waals surface area (Å²) in [4.78, 5) is 11.7. The van der Waals surface area contributed by atoms with Crippen molar-refractivity contribution in [3.63, 3.8) is 0 Å². The van der Waals surface area contributed by atoms with Gasteiger partial charge >= 0.3 is 11.8 Å². The molecule has 88 valence electrons. The molecule has 0 fully saturated rings. The van der Waals surface area contributed by atoms with E-state index >= 15 is 0 Å². The van der Waals surface area contributed by atoms with Crippen LogP contribution in [0.4, 0.5) is 5.69 Å². The fourth-order valence-corrected chi connectivity index (χ4v) is 1.62. The molecule has 0 bridgehead atoms. The van der Waals surface area contributed by atoms with Crippen molar-refractivity contribution in [2.75, 3.05) is 5.32 Å². The van der Waals surface area contributed by atoms with Gasteiger partial charge in [-0.3, -0.25) is 4.79 Å². The molecule has 1 N–H and O–H groups in total. The number of halogens is 1. The van der Waals surface area contributed by atoms with Crippen molar-refractivity contribution in [1.82, 2.24) is 10.2 Å². The van der Waals surface area contributed by atoms with Crippen LogP contribution in [0, 0.1) is 13.8 Å². The molecule has 0 spiro atoms. The molecule has 2 rings (SSSR count). The number of amides is 1. The first-order valence-electron chi connectivity index (χ1n) is 4.94. The molecule has 5 nitrogen and oxygen atoms in total. The Kier molecular flexibility index (Phi) is 3.23. The molecule has 0 aliphatic carbocycles. The molecule has 0 atom stereocenters. The third-order valence-electron chi connectivity index (χ3n) is 2.15. The van der Waals surface area contributed by atoms with Gasteiger partial charge in [-0.05, 0) is 24.6 Å². The molecule has 0 saturated heterocycles. The molecule has 1 aromatic carbocycles. The lowest BCUT2D eigenvalue weighted by atomic mass is 10.2. The van der Waals surface area contributed by atoms with Gasteiger partial charge in [0.05, 0.1) is 0 Å². The number of aryl methyl sites for hydroxylation is 2. The lowest BCUT2D eigenvalue weighted by Crippen LogP contribution is -2.12. The van der Waals surface area contributed by atoms with Gasteiger partial charge in [0.2, 0.25) is 5.89 Å². The topological polar surface area (TPSA) is 68.0 Å². The number of anilines is 1. The third-order valence-corrected chi connectivity index (χ3v) is 3.00. The molecule has 0 saturated carbocycles. The zero-order valence-electron chi connectivity index (χ0n) is 9.32. The van der Waals surface area contributed by atoms with Gasteiger partial charge in [-0.25, -0.2) is 0 Å². The molecule has 2 aromatic rings.